The molecule has 0 bridgehead atoms. The van der Waals surface area contributed by atoms with Gasteiger partial charge in [0, 0.05) is 10.0 Å². The maximum absolute atomic E-state index is 11.7. The lowest BCUT2D eigenvalue weighted by atomic mass is 10.1. The molecule has 1 atom stereocenters. The molecule has 0 aliphatic carbocycles. The Hall–Kier alpha value is -1.63. The van der Waals surface area contributed by atoms with Gasteiger partial charge in [0.05, 0.1) is 19.1 Å². The summed E-state index contributed by atoms with van der Waals surface area (Å²) < 4.78 is 4.86. The van der Waals surface area contributed by atoms with E-state index in [4.69, 9.17) is 27.7 Å². The topological polar surface area (TPSA) is 88.2 Å². The average molecular weight is 330 g/mol. The summed E-state index contributed by atoms with van der Waals surface area (Å²) in [7, 11) is 0. The van der Waals surface area contributed by atoms with Crippen LogP contribution < -0.4 is 5.32 Å². The van der Waals surface area contributed by atoms with E-state index >= 15 is 0 Å². The summed E-state index contributed by atoms with van der Waals surface area (Å²) >= 11 is 11.7. The van der Waals surface area contributed by atoms with Crippen molar-refractivity contribution < 1.29 is 14.4 Å². The van der Waals surface area contributed by atoms with Crippen LogP contribution in [0.5, 0.6) is 0 Å². The maximum Gasteiger partial charge on any atom is 0.246 e. The first kappa shape index (κ1) is 15.8. The number of carbonyl (C=O) groups is 1. The lowest BCUT2D eigenvalue weighted by Gasteiger charge is -2.11. The van der Waals surface area contributed by atoms with E-state index in [9.17, 15) is 9.90 Å². The summed E-state index contributed by atoms with van der Waals surface area (Å²) in [4.78, 5) is 15.7. The van der Waals surface area contributed by atoms with E-state index in [1.165, 1.54) is 0 Å². The van der Waals surface area contributed by atoms with Crippen molar-refractivity contribution in [1.29, 1.82) is 0 Å². The van der Waals surface area contributed by atoms with Crippen LogP contribution in [0.1, 0.15) is 29.8 Å². The van der Waals surface area contributed by atoms with Gasteiger partial charge in [-0.05, 0) is 30.7 Å². The van der Waals surface area contributed by atoms with Gasteiger partial charge in [-0.3, -0.25) is 4.79 Å². The molecule has 1 heterocycles. The number of hydrogen-bond acceptors (Lipinski definition) is 5. The molecule has 1 aromatic carbocycles. The summed E-state index contributed by atoms with van der Waals surface area (Å²) in [6, 6.07) is 4.68. The normalized spacial score (nSPS) is 12.2. The van der Waals surface area contributed by atoms with Crippen LogP contribution in [0.15, 0.2) is 22.7 Å². The molecule has 6 nitrogen and oxygen atoms in total. The third-order valence-electron chi connectivity index (χ3n) is 2.65. The Morgan fingerprint density at radius 1 is 1.38 bits per heavy atom. The molecule has 8 heteroatoms. The minimum absolute atomic E-state index is 0.114. The molecular formula is C13H13Cl2N3O3. The Labute approximate surface area is 131 Å². The molecule has 0 aliphatic rings. The van der Waals surface area contributed by atoms with E-state index in [2.05, 4.69) is 15.5 Å². The Balaban J connectivity index is 1.89. The van der Waals surface area contributed by atoms with Gasteiger partial charge in [0.25, 0.3) is 0 Å². The van der Waals surface area contributed by atoms with E-state index in [1.54, 1.807) is 25.1 Å². The first-order valence-corrected chi connectivity index (χ1v) is 6.89. The van der Waals surface area contributed by atoms with Crippen molar-refractivity contribution in [3.8, 4) is 0 Å². The summed E-state index contributed by atoms with van der Waals surface area (Å²) in [6.45, 7) is 1.80. The number of nitrogens with zero attached hydrogens (tertiary/aromatic N) is 2. The van der Waals surface area contributed by atoms with Gasteiger partial charge in [0.1, 0.15) is 0 Å². The van der Waals surface area contributed by atoms with E-state index in [1.807, 2.05) is 0 Å². The van der Waals surface area contributed by atoms with Crippen molar-refractivity contribution in [2.45, 2.75) is 26.0 Å². The first-order valence-electron chi connectivity index (χ1n) is 6.14. The number of aliphatic hydroxyl groups is 1. The monoisotopic (exact) mass is 329 g/mol. The second-order valence-electron chi connectivity index (χ2n) is 4.43. The van der Waals surface area contributed by atoms with Crippen molar-refractivity contribution in [3.05, 3.63) is 45.5 Å². The fourth-order valence-corrected chi connectivity index (χ4v) is 2.26. The summed E-state index contributed by atoms with van der Waals surface area (Å²) in [5.74, 6) is 0.448. The fourth-order valence-electron chi connectivity index (χ4n) is 1.72. The number of aryl methyl sites for hydroxylation is 1. The summed E-state index contributed by atoms with van der Waals surface area (Å²) in [6.07, 6.45) is -1.12. The van der Waals surface area contributed by atoms with Crippen molar-refractivity contribution in [2.24, 2.45) is 0 Å². The van der Waals surface area contributed by atoms with Crippen molar-refractivity contribution in [3.63, 3.8) is 0 Å². The number of aromatic nitrogens is 2. The Bertz CT molecular complexity index is 625. The zero-order chi connectivity index (χ0) is 15.4. The predicted molar refractivity (Wildman–Crippen MR) is 76.9 cm³/mol. The van der Waals surface area contributed by atoms with Gasteiger partial charge in [-0.15, -0.1) is 0 Å². The summed E-state index contributed by atoms with van der Waals surface area (Å²) in [5.41, 5.74) is 0.483. The van der Waals surface area contributed by atoms with Crippen LogP contribution in [-0.2, 0) is 11.3 Å². The molecule has 1 unspecified atom stereocenters. The molecule has 0 spiro atoms. The van der Waals surface area contributed by atoms with E-state index < -0.39 is 6.10 Å². The van der Waals surface area contributed by atoms with Crippen LogP contribution >= 0.6 is 23.2 Å². The van der Waals surface area contributed by atoms with Gasteiger partial charge in [-0.1, -0.05) is 28.4 Å². The Morgan fingerprint density at radius 3 is 2.62 bits per heavy atom. The highest BCUT2D eigenvalue weighted by Crippen LogP contribution is 2.25. The van der Waals surface area contributed by atoms with Gasteiger partial charge >= 0.3 is 0 Å². The van der Waals surface area contributed by atoms with Crippen LogP contribution in [0.3, 0.4) is 0 Å². The number of nitrogens with one attached hydrogen (secondary N) is 1. The maximum atomic E-state index is 11.7. The number of rotatable bonds is 5. The van der Waals surface area contributed by atoms with Crippen molar-refractivity contribution in [1.82, 2.24) is 15.5 Å². The number of aliphatic hydroxyl groups excluding tert-OH is 1. The molecule has 112 valence electrons. The second kappa shape index (κ2) is 6.89. The molecule has 1 amide bonds. The molecular weight excluding hydrogens is 317 g/mol. The fraction of sp³-hybridized carbons (Fsp3) is 0.308. The zero-order valence-corrected chi connectivity index (χ0v) is 12.6. The number of amides is 1. The molecule has 2 aromatic rings. The van der Waals surface area contributed by atoms with Crippen LogP contribution in [0.25, 0.3) is 0 Å². The molecule has 0 fully saturated rings. The number of hydrogen-bond donors (Lipinski definition) is 2. The van der Waals surface area contributed by atoms with Crippen molar-refractivity contribution in [2.75, 3.05) is 0 Å². The van der Waals surface area contributed by atoms with Crippen LogP contribution in [0.2, 0.25) is 10.0 Å². The van der Waals surface area contributed by atoms with Gasteiger partial charge in [0.2, 0.25) is 11.8 Å². The number of halogens is 2. The number of benzene rings is 1. The third-order valence-corrected chi connectivity index (χ3v) is 3.09. The van der Waals surface area contributed by atoms with Crippen molar-refractivity contribution >= 4 is 29.1 Å². The van der Waals surface area contributed by atoms with Crippen LogP contribution in [-0.4, -0.2) is 21.2 Å². The second-order valence-corrected chi connectivity index (χ2v) is 5.31. The highest BCUT2D eigenvalue weighted by Gasteiger charge is 2.15. The SMILES string of the molecule is Cc1noc(CNC(=O)CC(O)c2cc(Cl)cc(Cl)c2)n1. The van der Waals surface area contributed by atoms with E-state index in [0.717, 1.165) is 0 Å². The standard InChI is InChI=1S/C13H13Cl2N3O3/c1-7-17-13(21-18-7)6-16-12(20)5-11(19)8-2-9(14)4-10(15)3-8/h2-4,11,19H,5-6H2,1H3,(H,16,20). The molecule has 0 saturated carbocycles. The molecule has 0 radical (unpaired) electrons. The first-order chi connectivity index (χ1) is 9.94. The third kappa shape index (κ3) is 4.70. The largest absolute Gasteiger partial charge is 0.388 e. The molecule has 0 aliphatic heterocycles. The lowest BCUT2D eigenvalue weighted by Crippen LogP contribution is -2.24. The lowest BCUT2D eigenvalue weighted by molar-refractivity contribution is -0.123. The minimum Gasteiger partial charge on any atom is -0.388 e. The predicted octanol–water partition coefficient (Wildman–Crippen LogP) is 2.42. The highest BCUT2D eigenvalue weighted by molar-refractivity contribution is 6.34. The minimum atomic E-state index is -0.995. The zero-order valence-electron chi connectivity index (χ0n) is 11.1. The molecule has 21 heavy (non-hydrogen) atoms. The van der Waals surface area contributed by atoms with Gasteiger partial charge in [0.15, 0.2) is 5.82 Å². The Morgan fingerprint density at radius 2 is 2.05 bits per heavy atom. The Kier molecular flexibility index (Phi) is 5.17. The molecule has 0 saturated heterocycles. The number of carbonyl (C=O) groups excluding carboxylic acids is 1. The van der Waals surface area contributed by atoms with Gasteiger partial charge in [-0.25, -0.2) is 0 Å². The van der Waals surface area contributed by atoms with E-state index in [0.29, 0.717) is 27.3 Å². The van der Waals surface area contributed by atoms with Gasteiger partial charge in [-0.2, -0.15) is 4.98 Å². The van der Waals surface area contributed by atoms with Gasteiger partial charge < -0.3 is 14.9 Å². The highest BCUT2D eigenvalue weighted by atomic mass is 35.5. The molecule has 2 N–H and O–H groups in total. The summed E-state index contributed by atoms with van der Waals surface area (Å²) in [5, 5.41) is 17.0. The smallest absolute Gasteiger partial charge is 0.246 e. The molecule has 1 aromatic heterocycles. The molecule has 2 rings (SSSR count). The average Bonchev–Trinajstić information content (AvgIpc) is 2.81. The quantitative estimate of drug-likeness (QED) is 0.879. The van der Waals surface area contributed by atoms with Crippen LogP contribution in [0.4, 0.5) is 0 Å². The van der Waals surface area contributed by atoms with Crippen LogP contribution in [0, 0.1) is 6.92 Å². The van der Waals surface area contributed by atoms with E-state index in [-0.39, 0.29) is 18.9 Å².